The molecule has 0 aliphatic carbocycles. The lowest BCUT2D eigenvalue weighted by molar-refractivity contribution is -0.132. The Morgan fingerprint density at radius 2 is 1.43 bits per heavy atom. The molecule has 0 atom stereocenters. The van der Waals surface area contributed by atoms with Gasteiger partial charge in [0.2, 0.25) is 15.9 Å². The molecule has 35 heavy (non-hydrogen) atoms. The molecule has 1 saturated heterocycles. The minimum Gasteiger partial charge on any atom is -0.342 e. The second-order valence-corrected chi connectivity index (χ2v) is 11.3. The van der Waals surface area contributed by atoms with Gasteiger partial charge in [0.25, 0.3) is 0 Å². The molecular weight excluding hydrogens is 456 g/mol. The van der Waals surface area contributed by atoms with E-state index in [-0.39, 0.29) is 23.9 Å². The zero-order valence-corrected chi connectivity index (χ0v) is 21.2. The van der Waals surface area contributed by atoms with Gasteiger partial charge in [-0.15, -0.1) is 0 Å². The van der Waals surface area contributed by atoms with E-state index in [1.807, 2.05) is 48.2 Å². The Bertz CT molecular complexity index is 1190. The number of amides is 1. The Labute approximate surface area is 209 Å². The van der Waals surface area contributed by atoms with Gasteiger partial charge in [0, 0.05) is 19.6 Å². The van der Waals surface area contributed by atoms with E-state index in [9.17, 15) is 13.2 Å². The molecule has 184 valence electrons. The zero-order chi connectivity index (χ0) is 24.7. The largest absolute Gasteiger partial charge is 0.342 e. The standard InChI is InChI=1S/C29H34N2O3S/c1-24-12-14-28(15-13-24)35(33,34)31(21-18-25-8-4-2-5-9-25)23-29(32)30-19-16-27(17-20-30)22-26-10-6-3-7-11-26/h2-15,27H,16-23H2,1H3. The number of nitrogens with zero attached hydrogens (tertiary/aromatic N) is 2. The maximum absolute atomic E-state index is 13.5. The Kier molecular flexibility index (Phi) is 8.37. The highest BCUT2D eigenvalue weighted by Crippen LogP contribution is 2.23. The third kappa shape index (κ3) is 6.80. The first kappa shape index (κ1) is 25.1. The summed E-state index contributed by atoms with van der Waals surface area (Å²) in [6, 6.07) is 27.1. The number of aryl methyl sites for hydroxylation is 1. The number of likely N-dealkylation sites (tertiary alicyclic amines) is 1. The van der Waals surface area contributed by atoms with Crippen LogP contribution in [-0.2, 0) is 27.7 Å². The van der Waals surface area contributed by atoms with Crippen LogP contribution in [0.25, 0.3) is 0 Å². The second-order valence-electron chi connectivity index (χ2n) is 9.40. The summed E-state index contributed by atoms with van der Waals surface area (Å²) in [6.07, 6.45) is 3.46. The number of carbonyl (C=O) groups is 1. The van der Waals surface area contributed by atoms with Crippen molar-refractivity contribution in [2.24, 2.45) is 5.92 Å². The maximum Gasteiger partial charge on any atom is 0.243 e. The molecule has 4 rings (SSSR count). The summed E-state index contributed by atoms with van der Waals surface area (Å²) in [6.45, 7) is 3.40. The topological polar surface area (TPSA) is 57.7 Å². The van der Waals surface area contributed by atoms with Gasteiger partial charge < -0.3 is 4.90 Å². The number of hydrogen-bond donors (Lipinski definition) is 0. The molecule has 6 heteroatoms. The van der Waals surface area contributed by atoms with Crippen molar-refractivity contribution in [3.8, 4) is 0 Å². The van der Waals surface area contributed by atoms with Crippen molar-refractivity contribution in [3.63, 3.8) is 0 Å². The quantitative estimate of drug-likeness (QED) is 0.437. The molecular formula is C29H34N2O3S. The fourth-order valence-corrected chi connectivity index (χ4v) is 6.02. The predicted molar refractivity (Wildman–Crippen MR) is 140 cm³/mol. The molecule has 1 aliphatic rings. The summed E-state index contributed by atoms with van der Waals surface area (Å²) in [5, 5.41) is 0. The summed E-state index contributed by atoms with van der Waals surface area (Å²) in [5.74, 6) is 0.429. The number of carbonyl (C=O) groups excluding carboxylic acids is 1. The molecule has 0 N–H and O–H groups in total. The highest BCUT2D eigenvalue weighted by atomic mass is 32.2. The monoisotopic (exact) mass is 490 g/mol. The number of hydrogen-bond acceptors (Lipinski definition) is 3. The fourth-order valence-electron chi connectivity index (χ4n) is 4.63. The van der Waals surface area contributed by atoms with E-state index < -0.39 is 10.0 Å². The second kappa shape index (κ2) is 11.6. The molecule has 1 amide bonds. The molecule has 0 saturated carbocycles. The third-order valence-corrected chi connectivity index (χ3v) is 8.66. The molecule has 5 nitrogen and oxygen atoms in total. The number of sulfonamides is 1. The van der Waals surface area contributed by atoms with Gasteiger partial charge in [0.1, 0.15) is 0 Å². The summed E-state index contributed by atoms with van der Waals surface area (Å²) in [4.78, 5) is 15.3. The van der Waals surface area contributed by atoms with Crippen LogP contribution >= 0.6 is 0 Å². The number of benzene rings is 3. The van der Waals surface area contributed by atoms with Crippen molar-refractivity contribution in [2.45, 2.75) is 37.5 Å². The Morgan fingerprint density at radius 3 is 2.03 bits per heavy atom. The Balaban J connectivity index is 1.42. The summed E-state index contributed by atoms with van der Waals surface area (Å²) in [7, 11) is -3.79. The molecule has 1 aliphatic heterocycles. The van der Waals surface area contributed by atoms with E-state index in [2.05, 4.69) is 24.3 Å². The van der Waals surface area contributed by atoms with E-state index in [0.717, 1.165) is 30.4 Å². The van der Waals surface area contributed by atoms with Crippen molar-refractivity contribution in [1.29, 1.82) is 0 Å². The first-order valence-electron chi connectivity index (χ1n) is 12.3. The van der Waals surface area contributed by atoms with E-state index in [1.54, 1.807) is 24.3 Å². The van der Waals surface area contributed by atoms with Gasteiger partial charge in [-0.25, -0.2) is 8.42 Å². The molecule has 0 spiro atoms. The minimum absolute atomic E-state index is 0.119. The van der Waals surface area contributed by atoms with Crippen LogP contribution in [0.5, 0.6) is 0 Å². The average molecular weight is 491 g/mol. The van der Waals surface area contributed by atoms with Crippen LogP contribution in [0.2, 0.25) is 0 Å². The van der Waals surface area contributed by atoms with E-state index in [4.69, 9.17) is 0 Å². The predicted octanol–water partition coefficient (Wildman–Crippen LogP) is 4.71. The van der Waals surface area contributed by atoms with Crippen molar-refractivity contribution in [2.75, 3.05) is 26.2 Å². The summed E-state index contributed by atoms with van der Waals surface area (Å²) >= 11 is 0. The molecule has 3 aromatic rings. The average Bonchev–Trinajstić information content (AvgIpc) is 2.88. The highest BCUT2D eigenvalue weighted by molar-refractivity contribution is 7.89. The van der Waals surface area contributed by atoms with E-state index >= 15 is 0 Å². The van der Waals surface area contributed by atoms with Gasteiger partial charge in [0.05, 0.1) is 11.4 Å². The van der Waals surface area contributed by atoms with Gasteiger partial charge in [-0.1, -0.05) is 78.4 Å². The van der Waals surface area contributed by atoms with Crippen molar-refractivity contribution < 1.29 is 13.2 Å². The van der Waals surface area contributed by atoms with Crippen LogP contribution in [0.1, 0.15) is 29.5 Å². The van der Waals surface area contributed by atoms with Gasteiger partial charge in [-0.3, -0.25) is 4.79 Å². The van der Waals surface area contributed by atoms with Crippen molar-refractivity contribution >= 4 is 15.9 Å². The zero-order valence-electron chi connectivity index (χ0n) is 20.3. The number of rotatable bonds is 9. The SMILES string of the molecule is Cc1ccc(S(=O)(=O)N(CCc2ccccc2)CC(=O)N2CCC(Cc3ccccc3)CC2)cc1. The number of piperidine rings is 1. The highest BCUT2D eigenvalue weighted by Gasteiger charge is 2.30. The first-order valence-corrected chi connectivity index (χ1v) is 13.8. The molecule has 1 heterocycles. The normalized spacial score (nSPS) is 14.9. The summed E-state index contributed by atoms with van der Waals surface area (Å²) < 4.78 is 28.3. The van der Waals surface area contributed by atoms with Crippen LogP contribution in [0.4, 0.5) is 0 Å². The minimum atomic E-state index is -3.79. The van der Waals surface area contributed by atoms with Crippen LogP contribution in [-0.4, -0.2) is 49.7 Å². The van der Waals surface area contributed by atoms with E-state index in [1.165, 1.54) is 9.87 Å². The van der Waals surface area contributed by atoms with Crippen LogP contribution in [0.15, 0.2) is 89.8 Å². The lowest BCUT2D eigenvalue weighted by Gasteiger charge is -2.33. The van der Waals surface area contributed by atoms with Crippen LogP contribution in [0.3, 0.4) is 0 Å². The van der Waals surface area contributed by atoms with Crippen molar-refractivity contribution in [3.05, 3.63) is 102 Å². The molecule has 0 radical (unpaired) electrons. The van der Waals surface area contributed by atoms with Gasteiger partial charge >= 0.3 is 0 Å². The summed E-state index contributed by atoms with van der Waals surface area (Å²) in [5.41, 5.74) is 3.37. The first-order chi connectivity index (χ1) is 16.9. The molecule has 3 aromatic carbocycles. The van der Waals surface area contributed by atoms with Crippen LogP contribution < -0.4 is 0 Å². The van der Waals surface area contributed by atoms with Gasteiger partial charge in [-0.2, -0.15) is 4.31 Å². The lowest BCUT2D eigenvalue weighted by Crippen LogP contribution is -2.46. The smallest absolute Gasteiger partial charge is 0.243 e. The maximum atomic E-state index is 13.5. The molecule has 1 fully saturated rings. The lowest BCUT2D eigenvalue weighted by atomic mass is 9.90. The fraction of sp³-hybridized carbons (Fsp3) is 0.345. The van der Waals surface area contributed by atoms with Crippen molar-refractivity contribution in [1.82, 2.24) is 9.21 Å². The molecule has 0 aromatic heterocycles. The molecule has 0 bridgehead atoms. The Hall–Kier alpha value is -2.96. The Morgan fingerprint density at radius 1 is 0.857 bits per heavy atom. The van der Waals surface area contributed by atoms with Gasteiger partial charge in [0.15, 0.2) is 0 Å². The van der Waals surface area contributed by atoms with Crippen LogP contribution in [0, 0.1) is 12.8 Å². The van der Waals surface area contributed by atoms with Gasteiger partial charge in [-0.05, 0) is 61.8 Å². The van der Waals surface area contributed by atoms with E-state index in [0.29, 0.717) is 25.4 Å². The third-order valence-electron chi connectivity index (χ3n) is 6.80. The molecule has 0 unspecified atom stereocenters.